The van der Waals surface area contributed by atoms with Gasteiger partial charge in [0.1, 0.15) is 0 Å². The average molecular weight is 244 g/mol. The molecule has 6 heteroatoms. The van der Waals surface area contributed by atoms with Crippen molar-refractivity contribution in [1.82, 2.24) is 10.0 Å². The van der Waals surface area contributed by atoms with Gasteiger partial charge in [-0.1, -0.05) is 11.3 Å². The Labute approximate surface area is 98.0 Å². The number of nitrogens with one attached hydrogen (secondary N) is 1. The van der Waals surface area contributed by atoms with Crippen molar-refractivity contribution in [3.8, 4) is 0 Å². The lowest BCUT2D eigenvalue weighted by Gasteiger charge is -2.05. The molecule has 0 saturated heterocycles. The highest BCUT2D eigenvalue weighted by Crippen LogP contribution is 2.02. The Hall–Kier alpha value is -1.14. The summed E-state index contributed by atoms with van der Waals surface area (Å²) in [7, 11) is 0. The Morgan fingerprint density at radius 3 is 2.94 bits per heavy atom. The van der Waals surface area contributed by atoms with E-state index in [1.165, 1.54) is 11.3 Å². The zero-order valence-corrected chi connectivity index (χ0v) is 10.3. The summed E-state index contributed by atoms with van der Waals surface area (Å²) in [6.07, 6.45) is 0.998. The minimum atomic E-state index is -0.150. The highest BCUT2D eigenvalue weighted by Gasteiger charge is 2.04. The second-order valence-corrected chi connectivity index (χ2v) is 4.18. The Balaban J connectivity index is 2.31. The topological polar surface area (TPSA) is 60.3 Å². The molecular formula is C10H16N2O3S. The molecule has 0 spiro atoms. The van der Waals surface area contributed by atoms with Gasteiger partial charge in [-0.25, -0.2) is 5.48 Å². The van der Waals surface area contributed by atoms with E-state index in [0.717, 1.165) is 5.69 Å². The second kappa shape index (κ2) is 6.44. The molecule has 5 nitrogen and oxygen atoms in total. The summed E-state index contributed by atoms with van der Waals surface area (Å²) in [5.41, 5.74) is 3.26. The molecule has 1 heterocycles. The first-order valence-corrected chi connectivity index (χ1v) is 6.08. The second-order valence-electron chi connectivity index (χ2n) is 3.36. The number of aromatic nitrogens is 1. The number of hydroxylamine groups is 1. The molecule has 0 atom stereocenters. The molecule has 0 radical (unpaired) electrons. The lowest BCUT2D eigenvalue weighted by molar-refractivity contribution is -0.133. The van der Waals surface area contributed by atoms with E-state index in [1.54, 1.807) is 11.5 Å². The van der Waals surface area contributed by atoms with Gasteiger partial charge in [0.2, 0.25) is 5.91 Å². The van der Waals surface area contributed by atoms with Crippen LogP contribution < -0.4 is 10.4 Å². The van der Waals surface area contributed by atoms with Gasteiger partial charge < -0.3 is 4.57 Å². The van der Waals surface area contributed by atoms with Crippen LogP contribution in [0.4, 0.5) is 0 Å². The molecular weight excluding hydrogens is 228 g/mol. The summed E-state index contributed by atoms with van der Waals surface area (Å²) in [5.74, 6) is -0.150. The van der Waals surface area contributed by atoms with Crippen LogP contribution in [0.25, 0.3) is 0 Å². The van der Waals surface area contributed by atoms with Crippen LogP contribution in [0.5, 0.6) is 0 Å². The number of hydrogen-bond acceptors (Lipinski definition) is 4. The first kappa shape index (κ1) is 12.9. The molecule has 0 aromatic carbocycles. The van der Waals surface area contributed by atoms with Crippen molar-refractivity contribution in [2.45, 2.75) is 33.2 Å². The van der Waals surface area contributed by atoms with E-state index in [-0.39, 0.29) is 10.8 Å². The third-order valence-corrected chi connectivity index (χ3v) is 2.97. The van der Waals surface area contributed by atoms with Crippen LogP contribution in [0.1, 0.15) is 25.5 Å². The molecule has 1 N–H and O–H groups in total. The SMILES string of the molecule is CCONC(=O)CCCn1c(C)csc1=O. The van der Waals surface area contributed by atoms with Gasteiger partial charge in [0, 0.05) is 24.0 Å². The standard InChI is InChI=1S/C10H16N2O3S/c1-3-15-11-9(13)5-4-6-12-8(2)7-16-10(12)14/h7H,3-6H2,1-2H3,(H,11,13). The molecule has 0 fully saturated rings. The van der Waals surface area contributed by atoms with Crippen molar-refractivity contribution in [2.24, 2.45) is 0 Å². The number of carbonyl (C=O) groups is 1. The van der Waals surface area contributed by atoms with Gasteiger partial charge >= 0.3 is 4.87 Å². The highest BCUT2D eigenvalue weighted by molar-refractivity contribution is 7.07. The third-order valence-electron chi connectivity index (χ3n) is 2.09. The number of hydrogen-bond donors (Lipinski definition) is 1. The summed E-state index contributed by atoms with van der Waals surface area (Å²) in [5, 5.41) is 1.82. The Morgan fingerprint density at radius 2 is 2.38 bits per heavy atom. The largest absolute Gasteiger partial charge is 0.307 e. The molecule has 0 aliphatic carbocycles. The number of aryl methyl sites for hydroxylation is 1. The molecule has 0 saturated carbocycles. The summed E-state index contributed by atoms with van der Waals surface area (Å²) < 4.78 is 1.68. The lowest BCUT2D eigenvalue weighted by atomic mass is 10.3. The van der Waals surface area contributed by atoms with Crippen molar-refractivity contribution in [1.29, 1.82) is 0 Å². The maximum atomic E-state index is 11.3. The smallest absolute Gasteiger partial charge is 0.303 e. The highest BCUT2D eigenvalue weighted by atomic mass is 32.1. The van der Waals surface area contributed by atoms with Crippen molar-refractivity contribution >= 4 is 17.2 Å². The van der Waals surface area contributed by atoms with Crippen molar-refractivity contribution in [3.63, 3.8) is 0 Å². The van der Waals surface area contributed by atoms with E-state index >= 15 is 0 Å². The van der Waals surface area contributed by atoms with Crippen LogP contribution in [-0.2, 0) is 16.2 Å². The summed E-state index contributed by atoms with van der Waals surface area (Å²) in [6.45, 7) is 4.72. The fraction of sp³-hybridized carbons (Fsp3) is 0.600. The van der Waals surface area contributed by atoms with E-state index in [1.807, 2.05) is 12.3 Å². The molecule has 0 aliphatic heterocycles. The van der Waals surface area contributed by atoms with Crippen LogP contribution >= 0.6 is 11.3 Å². The van der Waals surface area contributed by atoms with E-state index < -0.39 is 0 Å². The van der Waals surface area contributed by atoms with Crippen molar-refractivity contribution in [2.75, 3.05) is 6.61 Å². The molecule has 1 rings (SSSR count). The number of nitrogens with zero attached hydrogens (tertiary/aromatic N) is 1. The van der Waals surface area contributed by atoms with Gasteiger partial charge in [-0.2, -0.15) is 0 Å². The zero-order chi connectivity index (χ0) is 12.0. The maximum Gasteiger partial charge on any atom is 0.307 e. The van der Waals surface area contributed by atoms with Crippen molar-refractivity contribution < 1.29 is 9.63 Å². The number of carbonyl (C=O) groups excluding carboxylic acids is 1. The minimum Gasteiger partial charge on any atom is -0.303 e. The average Bonchev–Trinajstić information content (AvgIpc) is 2.57. The summed E-state index contributed by atoms with van der Waals surface area (Å²) in [4.78, 5) is 27.3. The fourth-order valence-electron chi connectivity index (χ4n) is 1.28. The predicted molar refractivity (Wildman–Crippen MR) is 62.3 cm³/mol. The van der Waals surface area contributed by atoms with Crippen LogP contribution in [0.3, 0.4) is 0 Å². The molecule has 0 aliphatic rings. The molecule has 0 unspecified atom stereocenters. The fourth-order valence-corrected chi connectivity index (χ4v) is 2.04. The Kier molecular flexibility index (Phi) is 5.21. The minimum absolute atomic E-state index is 0.0303. The quantitative estimate of drug-likeness (QED) is 0.761. The Morgan fingerprint density at radius 1 is 1.62 bits per heavy atom. The zero-order valence-electron chi connectivity index (χ0n) is 9.49. The number of amides is 1. The van der Waals surface area contributed by atoms with Crippen LogP contribution in [0.15, 0.2) is 10.2 Å². The van der Waals surface area contributed by atoms with Crippen molar-refractivity contribution in [3.05, 3.63) is 20.7 Å². The number of thiazole rings is 1. The van der Waals surface area contributed by atoms with E-state index in [9.17, 15) is 9.59 Å². The Bertz CT molecular complexity index is 397. The summed E-state index contributed by atoms with van der Waals surface area (Å²) >= 11 is 1.19. The van der Waals surface area contributed by atoms with E-state index in [0.29, 0.717) is 26.0 Å². The molecule has 0 bridgehead atoms. The molecule has 1 aromatic heterocycles. The molecule has 16 heavy (non-hydrogen) atoms. The summed E-state index contributed by atoms with van der Waals surface area (Å²) in [6, 6.07) is 0. The monoisotopic (exact) mass is 244 g/mol. The lowest BCUT2D eigenvalue weighted by Crippen LogP contribution is -2.24. The first-order valence-electron chi connectivity index (χ1n) is 5.20. The normalized spacial score (nSPS) is 10.4. The predicted octanol–water partition coefficient (Wildman–Crippen LogP) is 1.07. The van der Waals surface area contributed by atoms with E-state index in [4.69, 9.17) is 4.84 Å². The molecule has 1 amide bonds. The van der Waals surface area contributed by atoms with Gasteiger partial charge in [-0.3, -0.25) is 14.4 Å². The van der Waals surface area contributed by atoms with E-state index in [2.05, 4.69) is 5.48 Å². The molecule has 90 valence electrons. The maximum absolute atomic E-state index is 11.3. The van der Waals surface area contributed by atoms with Crippen LogP contribution in [-0.4, -0.2) is 17.1 Å². The third kappa shape index (κ3) is 3.79. The van der Waals surface area contributed by atoms with Gasteiger partial charge in [0.25, 0.3) is 0 Å². The van der Waals surface area contributed by atoms with Gasteiger partial charge in [0.15, 0.2) is 0 Å². The van der Waals surface area contributed by atoms with Crippen LogP contribution in [0, 0.1) is 6.92 Å². The van der Waals surface area contributed by atoms with Gasteiger partial charge in [0.05, 0.1) is 6.61 Å². The van der Waals surface area contributed by atoms with Gasteiger partial charge in [-0.05, 0) is 20.3 Å². The molecule has 1 aromatic rings. The first-order chi connectivity index (χ1) is 7.65. The van der Waals surface area contributed by atoms with Crippen LogP contribution in [0.2, 0.25) is 0 Å². The van der Waals surface area contributed by atoms with Gasteiger partial charge in [-0.15, -0.1) is 0 Å². The number of rotatable bonds is 6.